The predicted octanol–water partition coefficient (Wildman–Crippen LogP) is 4.07. The molecule has 0 fully saturated rings. The van der Waals surface area contributed by atoms with E-state index in [9.17, 15) is 4.79 Å². The zero-order valence-electron chi connectivity index (χ0n) is 12.1. The summed E-state index contributed by atoms with van der Waals surface area (Å²) in [6.07, 6.45) is 2.67. The summed E-state index contributed by atoms with van der Waals surface area (Å²) in [6, 6.07) is 14.9. The maximum Gasteiger partial charge on any atom is 0.255 e. The van der Waals surface area contributed by atoms with Gasteiger partial charge in [0.1, 0.15) is 12.4 Å². The van der Waals surface area contributed by atoms with Crippen LogP contribution in [-0.4, -0.2) is 12.5 Å². The molecule has 1 amide bonds. The van der Waals surface area contributed by atoms with Gasteiger partial charge in [0.25, 0.3) is 5.91 Å². The van der Waals surface area contributed by atoms with E-state index in [-0.39, 0.29) is 5.91 Å². The standard InChI is InChI=1S/C18H19NO2/c1-3-13-21-17-11-7-15(8-12-17)18(20)19-16-9-5-14(4-2)6-10-16/h3,5-12H,1,4,13H2,2H3,(H,19,20). The number of carbonyl (C=O) groups is 1. The minimum Gasteiger partial charge on any atom is -0.490 e. The van der Waals surface area contributed by atoms with Gasteiger partial charge in [-0.15, -0.1) is 0 Å². The van der Waals surface area contributed by atoms with Gasteiger partial charge < -0.3 is 10.1 Å². The first-order valence-electron chi connectivity index (χ1n) is 6.97. The van der Waals surface area contributed by atoms with Crippen LogP contribution in [-0.2, 0) is 6.42 Å². The maximum atomic E-state index is 12.1. The number of hydrogen-bond donors (Lipinski definition) is 1. The highest BCUT2D eigenvalue weighted by Gasteiger charge is 2.06. The van der Waals surface area contributed by atoms with E-state index in [1.54, 1.807) is 30.3 Å². The van der Waals surface area contributed by atoms with E-state index in [1.807, 2.05) is 24.3 Å². The minimum absolute atomic E-state index is 0.130. The molecule has 3 nitrogen and oxygen atoms in total. The van der Waals surface area contributed by atoms with E-state index in [0.717, 1.165) is 17.9 Å². The van der Waals surface area contributed by atoms with Gasteiger partial charge in [-0.1, -0.05) is 31.7 Å². The fraction of sp³-hybridized carbons (Fsp3) is 0.167. The Balaban J connectivity index is 2.00. The van der Waals surface area contributed by atoms with Gasteiger partial charge in [0.2, 0.25) is 0 Å². The molecule has 0 aliphatic heterocycles. The first-order chi connectivity index (χ1) is 10.2. The molecule has 0 atom stereocenters. The summed E-state index contributed by atoms with van der Waals surface area (Å²) in [7, 11) is 0. The molecule has 21 heavy (non-hydrogen) atoms. The third kappa shape index (κ3) is 4.21. The van der Waals surface area contributed by atoms with E-state index in [0.29, 0.717) is 12.2 Å². The predicted molar refractivity (Wildman–Crippen MR) is 85.9 cm³/mol. The van der Waals surface area contributed by atoms with Crippen LogP contribution in [0.25, 0.3) is 0 Å². The molecule has 0 radical (unpaired) electrons. The molecule has 2 rings (SSSR count). The summed E-state index contributed by atoms with van der Waals surface area (Å²) in [5.74, 6) is 0.591. The summed E-state index contributed by atoms with van der Waals surface area (Å²) < 4.78 is 5.38. The highest BCUT2D eigenvalue weighted by molar-refractivity contribution is 6.04. The van der Waals surface area contributed by atoms with E-state index in [2.05, 4.69) is 18.8 Å². The van der Waals surface area contributed by atoms with Crippen molar-refractivity contribution in [1.29, 1.82) is 0 Å². The van der Waals surface area contributed by atoms with Crippen molar-refractivity contribution in [3.05, 3.63) is 72.3 Å². The van der Waals surface area contributed by atoms with Crippen LogP contribution in [0, 0.1) is 0 Å². The lowest BCUT2D eigenvalue weighted by Crippen LogP contribution is -2.11. The summed E-state index contributed by atoms with van der Waals surface area (Å²) in [4.78, 5) is 12.1. The first kappa shape index (κ1) is 14.9. The first-order valence-corrected chi connectivity index (χ1v) is 6.97. The van der Waals surface area contributed by atoms with E-state index < -0.39 is 0 Å². The number of aryl methyl sites for hydroxylation is 1. The van der Waals surface area contributed by atoms with Crippen LogP contribution in [0.15, 0.2) is 61.2 Å². The summed E-state index contributed by atoms with van der Waals surface area (Å²) in [6.45, 7) is 6.15. The smallest absolute Gasteiger partial charge is 0.255 e. The van der Waals surface area contributed by atoms with Crippen molar-refractivity contribution in [2.24, 2.45) is 0 Å². The third-order valence-electron chi connectivity index (χ3n) is 3.10. The molecule has 0 saturated heterocycles. The van der Waals surface area contributed by atoms with Crippen LogP contribution in [0.4, 0.5) is 5.69 Å². The lowest BCUT2D eigenvalue weighted by Gasteiger charge is -2.07. The Morgan fingerprint density at radius 1 is 1.14 bits per heavy atom. The molecule has 0 heterocycles. The molecule has 108 valence electrons. The van der Waals surface area contributed by atoms with Crippen molar-refractivity contribution in [3.8, 4) is 5.75 Å². The largest absolute Gasteiger partial charge is 0.490 e. The second-order valence-electron chi connectivity index (χ2n) is 4.63. The summed E-state index contributed by atoms with van der Waals surface area (Å²) in [5.41, 5.74) is 2.64. The third-order valence-corrected chi connectivity index (χ3v) is 3.10. The number of amides is 1. The van der Waals surface area contributed by atoms with Crippen molar-refractivity contribution >= 4 is 11.6 Å². The van der Waals surface area contributed by atoms with Gasteiger partial charge in [0.05, 0.1) is 0 Å². The Bertz CT molecular complexity index is 600. The lowest BCUT2D eigenvalue weighted by atomic mass is 10.1. The van der Waals surface area contributed by atoms with E-state index >= 15 is 0 Å². The Morgan fingerprint density at radius 3 is 2.38 bits per heavy atom. The molecule has 2 aromatic carbocycles. The summed E-state index contributed by atoms with van der Waals surface area (Å²) >= 11 is 0. The number of hydrogen-bond acceptors (Lipinski definition) is 2. The van der Waals surface area contributed by atoms with Crippen LogP contribution in [0.1, 0.15) is 22.8 Å². The number of rotatable bonds is 6. The fourth-order valence-electron chi connectivity index (χ4n) is 1.88. The highest BCUT2D eigenvalue weighted by Crippen LogP contribution is 2.15. The number of anilines is 1. The van der Waals surface area contributed by atoms with E-state index in [1.165, 1.54) is 5.56 Å². The molecule has 0 aliphatic carbocycles. The van der Waals surface area contributed by atoms with Crippen LogP contribution in [0.5, 0.6) is 5.75 Å². The molecule has 2 aromatic rings. The summed E-state index contributed by atoms with van der Waals surface area (Å²) in [5, 5.41) is 2.88. The molecule has 0 bridgehead atoms. The topological polar surface area (TPSA) is 38.3 Å². The normalized spacial score (nSPS) is 9.95. The zero-order valence-corrected chi connectivity index (χ0v) is 12.1. The van der Waals surface area contributed by atoms with Crippen molar-refractivity contribution in [1.82, 2.24) is 0 Å². The minimum atomic E-state index is -0.130. The quantitative estimate of drug-likeness (QED) is 0.811. The van der Waals surface area contributed by atoms with Crippen molar-refractivity contribution in [3.63, 3.8) is 0 Å². The van der Waals surface area contributed by atoms with Gasteiger partial charge in [-0.3, -0.25) is 4.79 Å². The molecule has 1 N–H and O–H groups in total. The molecule has 0 aliphatic rings. The zero-order chi connectivity index (χ0) is 15.1. The average molecular weight is 281 g/mol. The van der Waals surface area contributed by atoms with Gasteiger partial charge in [-0.05, 0) is 48.4 Å². The Labute approximate surface area is 125 Å². The van der Waals surface area contributed by atoms with Crippen LogP contribution in [0.3, 0.4) is 0 Å². The van der Waals surface area contributed by atoms with Crippen molar-refractivity contribution < 1.29 is 9.53 Å². The van der Waals surface area contributed by atoms with Crippen molar-refractivity contribution in [2.75, 3.05) is 11.9 Å². The van der Waals surface area contributed by atoms with Gasteiger partial charge >= 0.3 is 0 Å². The second-order valence-corrected chi connectivity index (χ2v) is 4.63. The molecule has 0 saturated carbocycles. The highest BCUT2D eigenvalue weighted by atomic mass is 16.5. The van der Waals surface area contributed by atoms with Crippen LogP contribution >= 0.6 is 0 Å². The van der Waals surface area contributed by atoms with Crippen LogP contribution in [0.2, 0.25) is 0 Å². The molecule has 3 heteroatoms. The maximum absolute atomic E-state index is 12.1. The van der Waals surface area contributed by atoms with E-state index in [4.69, 9.17) is 4.74 Å². The Hall–Kier alpha value is -2.55. The second kappa shape index (κ2) is 7.29. The SMILES string of the molecule is C=CCOc1ccc(C(=O)Nc2ccc(CC)cc2)cc1. The number of ether oxygens (including phenoxy) is 1. The van der Waals surface area contributed by atoms with Crippen LogP contribution < -0.4 is 10.1 Å². The van der Waals surface area contributed by atoms with Crippen molar-refractivity contribution in [2.45, 2.75) is 13.3 Å². The Kier molecular flexibility index (Phi) is 5.16. The number of carbonyl (C=O) groups excluding carboxylic acids is 1. The molecule has 0 unspecified atom stereocenters. The monoisotopic (exact) mass is 281 g/mol. The fourth-order valence-corrected chi connectivity index (χ4v) is 1.88. The average Bonchev–Trinajstić information content (AvgIpc) is 2.54. The molecular formula is C18H19NO2. The number of nitrogens with one attached hydrogen (secondary N) is 1. The van der Waals surface area contributed by atoms with Gasteiger partial charge in [0, 0.05) is 11.3 Å². The Morgan fingerprint density at radius 2 is 1.81 bits per heavy atom. The van der Waals surface area contributed by atoms with Gasteiger partial charge in [0.15, 0.2) is 0 Å². The molecule has 0 aromatic heterocycles. The molecule has 0 spiro atoms. The van der Waals surface area contributed by atoms with Gasteiger partial charge in [-0.25, -0.2) is 0 Å². The lowest BCUT2D eigenvalue weighted by molar-refractivity contribution is 0.102. The van der Waals surface area contributed by atoms with Gasteiger partial charge in [-0.2, -0.15) is 0 Å². The molecular weight excluding hydrogens is 262 g/mol. The number of benzene rings is 2.